The largest absolute Gasteiger partial charge is 0.497 e. The minimum Gasteiger partial charge on any atom is -0.497 e. The molecule has 3 aromatic carbocycles. The Morgan fingerprint density at radius 2 is 1.71 bits per heavy atom. The van der Waals surface area contributed by atoms with Gasteiger partial charge in [0.15, 0.2) is 0 Å². The molecule has 1 N–H and O–H groups in total. The van der Waals surface area contributed by atoms with Gasteiger partial charge in [-0.25, -0.2) is 5.43 Å². The minimum atomic E-state index is -0.370. The molecule has 0 heterocycles. The standard InChI is InChI=1S/C28H31Cl2N3O2/c1-21-18-25(33(16-14-29)17-15-30)11-10-24(21)20-31-32-28(34)27(23-6-4-3-5-7-23)19-22-8-12-26(35-2)13-9-22/h3-13,18,20,27H,14-17,19H2,1-2H3,(H,32,34)/b31-20-/t27-/m0/s1. The highest BCUT2D eigenvalue weighted by molar-refractivity contribution is 6.18. The van der Waals surface area contributed by atoms with Gasteiger partial charge in [-0.2, -0.15) is 5.10 Å². The molecule has 0 aliphatic carbocycles. The average Bonchev–Trinajstić information content (AvgIpc) is 2.89. The predicted octanol–water partition coefficient (Wildman–Crippen LogP) is 5.76. The van der Waals surface area contributed by atoms with Crippen molar-refractivity contribution < 1.29 is 9.53 Å². The summed E-state index contributed by atoms with van der Waals surface area (Å²) in [5.74, 6) is 1.32. The van der Waals surface area contributed by atoms with Crippen molar-refractivity contribution in [3.05, 3.63) is 95.1 Å². The van der Waals surface area contributed by atoms with Crippen LogP contribution in [0.4, 0.5) is 5.69 Å². The van der Waals surface area contributed by atoms with Crippen LogP contribution in [0.5, 0.6) is 5.75 Å². The topological polar surface area (TPSA) is 53.9 Å². The smallest absolute Gasteiger partial charge is 0.247 e. The van der Waals surface area contributed by atoms with E-state index in [-0.39, 0.29) is 11.8 Å². The van der Waals surface area contributed by atoms with E-state index in [1.165, 1.54) is 0 Å². The lowest BCUT2D eigenvalue weighted by Crippen LogP contribution is -2.27. The van der Waals surface area contributed by atoms with Crippen LogP contribution in [0.1, 0.15) is 28.2 Å². The third-order valence-electron chi connectivity index (χ3n) is 5.82. The number of aryl methyl sites for hydroxylation is 1. The van der Waals surface area contributed by atoms with Gasteiger partial charge < -0.3 is 9.64 Å². The van der Waals surface area contributed by atoms with Gasteiger partial charge in [-0.05, 0) is 59.9 Å². The Morgan fingerprint density at radius 1 is 1.03 bits per heavy atom. The summed E-state index contributed by atoms with van der Waals surface area (Å²) in [5, 5.41) is 4.26. The van der Waals surface area contributed by atoms with Gasteiger partial charge >= 0.3 is 0 Å². The van der Waals surface area contributed by atoms with E-state index < -0.39 is 0 Å². The molecular weight excluding hydrogens is 481 g/mol. The SMILES string of the molecule is COc1ccc(C[C@H](C(=O)N/N=C\c2ccc(N(CCCl)CCCl)cc2C)c2ccccc2)cc1. The number of hydrazone groups is 1. The van der Waals surface area contributed by atoms with E-state index in [4.69, 9.17) is 27.9 Å². The lowest BCUT2D eigenvalue weighted by molar-refractivity contribution is -0.122. The Kier molecular flexibility index (Phi) is 10.5. The molecule has 0 unspecified atom stereocenters. The monoisotopic (exact) mass is 511 g/mol. The maximum Gasteiger partial charge on any atom is 0.247 e. The lowest BCUT2D eigenvalue weighted by Gasteiger charge is -2.23. The molecule has 0 radical (unpaired) electrons. The van der Waals surface area contributed by atoms with Crippen LogP contribution in [0.25, 0.3) is 0 Å². The Balaban J connectivity index is 1.72. The highest BCUT2D eigenvalue weighted by Gasteiger charge is 2.21. The summed E-state index contributed by atoms with van der Waals surface area (Å²) < 4.78 is 5.24. The van der Waals surface area contributed by atoms with Gasteiger partial charge in [-0.1, -0.05) is 48.5 Å². The number of alkyl halides is 2. The molecule has 0 saturated carbocycles. The Labute approximate surface area is 217 Å². The quantitative estimate of drug-likeness (QED) is 0.191. The zero-order valence-corrected chi connectivity index (χ0v) is 21.6. The van der Waals surface area contributed by atoms with E-state index in [9.17, 15) is 4.79 Å². The van der Waals surface area contributed by atoms with Gasteiger partial charge in [0.2, 0.25) is 5.91 Å². The second-order valence-electron chi connectivity index (χ2n) is 8.16. The summed E-state index contributed by atoms with van der Waals surface area (Å²) in [5.41, 5.74) is 7.76. The van der Waals surface area contributed by atoms with Gasteiger partial charge in [-0.15, -0.1) is 23.2 Å². The fraction of sp³-hybridized carbons (Fsp3) is 0.286. The van der Waals surface area contributed by atoms with Gasteiger partial charge in [-0.3, -0.25) is 4.79 Å². The van der Waals surface area contributed by atoms with Crippen molar-refractivity contribution in [3.8, 4) is 5.75 Å². The number of methoxy groups -OCH3 is 1. The van der Waals surface area contributed by atoms with Crippen molar-refractivity contribution >= 4 is 41.0 Å². The molecule has 1 atom stereocenters. The van der Waals surface area contributed by atoms with Crippen molar-refractivity contribution in [1.29, 1.82) is 0 Å². The number of rotatable bonds is 12. The van der Waals surface area contributed by atoms with Crippen LogP contribution in [-0.2, 0) is 11.2 Å². The van der Waals surface area contributed by atoms with E-state index >= 15 is 0 Å². The molecule has 0 aliphatic heterocycles. The van der Waals surface area contributed by atoms with Crippen LogP contribution < -0.4 is 15.1 Å². The molecule has 0 aromatic heterocycles. The minimum absolute atomic E-state index is 0.159. The first-order valence-electron chi connectivity index (χ1n) is 11.5. The van der Waals surface area contributed by atoms with Crippen LogP contribution in [0.3, 0.4) is 0 Å². The predicted molar refractivity (Wildman–Crippen MR) is 146 cm³/mol. The number of carbonyl (C=O) groups excluding carboxylic acids is 1. The number of benzene rings is 3. The Bertz CT molecular complexity index is 1100. The number of anilines is 1. The normalized spacial score (nSPS) is 11.9. The van der Waals surface area contributed by atoms with Gasteiger partial charge in [0.05, 0.1) is 19.2 Å². The second-order valence-corrected chi connectivity index (χ2v) is 8.91. The molecule has 0 saturated heterocycles. The zero-order chi connectivity index (χ0) is 25.0. The van der Waals surface area contributed by atoms with Crippen LogP contribution in [0.15, 0.2) is 77.9 Å². The first-order valence-corrected chi connectivity index (χ1v) is 12.6. The molecule has 1 amide bonds. The summed E-state index contributed by atoms with van der Waals surface area (Å²) in [6, 6.07) is 23.6. The molecule has 3 aromatic rings. The summed E-state index contributed by atoms with van der Waals surface area (Å²) in [7, 11) is 1.64. The van der Waals surface area contributed by atoms with Crippen molar-refractivity contribution in [2.45, 2.75) is 19.3 Å². The summed E-state index contributed by atoms with van der Waals surface area (Å²) >= 11 is 11.9. The fourth-order valence-corrected chi connectivity index (χ4v) is 4.27. The second kappa shape index (κ2) is 13.8. The lowest BCUT2D eigenvalue weighted by atomic mass is 9.91. The van der Waals surface area contributed by atoms with Crippen LogP contribution >= 0.6 is 23.2 Å². The van der Waals surface area contributed by atoms with E-state index in [0.717, 1.165) is 46.8 Å². The van der Waals surface area contributed by atoms with Crippen molar-refractivity contribution in [1.82, 2.24) is 5.43 Å². The number of nitrogens with zero attached hydrogens (tertiary/aromatic N) is 2. The molecule has 184 valence electrons. The highest BCUT2D eigenvalue weighted by atomic mass is 35.5. The van der Waals surface area contributed by atoms with Crippen LogP contribution in [-0.4, -0.2) is 44.1 Å². The number of ether oxygens (including phenoxy) is 1. The third kappa shape index (κ3) is 7.74. The van der Waals surface area contributed by atoms with Gasteiger partial charge in [0, 0.05) is 30.5 Å². The van der Waals surface area contributed by atoms with E-state index in [2.05, 4.69) is 21.5 Å². The van der Waals surface area contributed by atoms with Crippen molar-refractivity contribution in [3.63, 3.8) is 0 Å². The summed E-state index contributed by atoms with van der Waals surface area (Å²) in [6.45, 7) is 3.47. The molecule has 5 nitrogen and oxygen atoms in total. The zero-order valence-electron chi connectivity index (χ0n) is 20.1. The number of hydrogen-bond donors (Lipinski definition) is 1. The van der Waals surface area contributed by atoms with Gasteiger partial charge in [0.25, 0.3) is 0 Å². The van der Waals surface area contributed by atoms with E-state index in [1.54, 1.807) is 13.3 Å². The molecule has 35 heavy (non-hydrogen) atoms. The van der Waals surface area contributed by atoms with Gasteiger partial charge in [0.1, 0.15) is 5.75 Å². The average molecular weight is 512 g/mol. The molecule has 0 bridgehead atoms. The molecular formula is C28H31Cl2N3O2. The number of amides is 1. The molecule has 3 rings (SSSR count). The molecule has 0 aliphatic rings. The Hall–Kier alpha value is -3.02. The van der Waals surface area contributed by atoms with E-state index in [1.807, 2.05) is 73.7 Å². The first-order chi connectivity index (χ1) is 17.0. The first kappa shape index (κ1) is 26.6. The van der Waals surface area contributed by atoms with Crippen LogP contribution in [0.2, 0.25) is 0 Å². The maximum atomic E-state index is 13.2. The molecule has 7 heteroatoms. The Morgan fingerprint density at radius 3 is 2.31 bits per heavy atom. The fourth-order valence-electron chi connectivity index (χ4n) is 3.86. The maximum absolute atomic E-state index is 13.2. The third-order valence-corrected chi connectivity index (χ3v) is 6.16. The van der Waals surface area contributed by atoms with Crippen LogP contribution in [0, 0.1) is 6.92 Å². The number of carbonyl (C=O) groups is 1. The van der Waals surface area contributed by atoms with Crippen molar-refractivity contribution in [2.75, 3.05) is 36.9 Å². The summed E-state index contributed by atoms with van der Waals surface area (Å²) in [6.07, 6.45) is 2.24. The van der Waals surface area contributed by atoms with Crippen molar-refractivity contribution in [2.24, 2.45) is 5.10 Å². The number of nitrogens with one attached hydrogen (secondary N) is 1. The van der Waals surface area contributed by atoms with E-state index in [0.29, 0.717) is 18.2 Å². The number of hydrogen-bond acceptors (Lipinski definition) is 4. The highest BCUT2D eigenvalue weighted by Crippen LogP contribution is 2.23. The summed E-state index contributed by atoms with van der Waals surface area (Å²) in [4.78, 5) is 15.3. The number of halogens is 2. The molecule has 0 spiro atoms. The molecule has 0 fully saturated rings.